The van der Waals surface area contributed by atoms with E-state index in [1.165, 1.54) is 0 Å². The van der Waals surface area contributed by atoms with Crippen LogP contribution in [0.5, 0.6) is 0 Å². The highest BCUT2D eigenvalue weighted by molar-refractivity contribution is 5.86. The zero-order valence-corrected chi connectivity index (χ0v) is 5.61. The van der Waals surface area contributed by atoms with Crippen molar-refractivity contribution in [2.75, 3.05) is 6.54 Å². The Balaban J connectivity index is 2.60. The van der Waals surface area contributed by atoms with Gasteiger partial charge in [0.05, 0.1) is 5.54 Å². The number of nitrogens with one attached hydrogen (secondary N) is 1. The lowest BCUT2D eigenvalue weighted by Gasteiger charge is -2.27. The van der Waals surface area contributed by atoms with Crippen molar-refractivity contribution in [2.45, 2.75) is 25.3 Å². The summed E-state index contributed by atoms with van der Waals surface area (Å²) in [4.78, 5) is 10.9. The average molecular weight is 128 g/mol. The van der Waals surface area contributed by atoms with E-state index in [1.807, 2.05) is 0 Å². The lowest BCUT2D eigenvalue weighted by atomic mass is 9.93. The number of carbonyl (C=O) groups is 1. The Hall–Kier alpha value is -0.570. The highest BCUT2D eigenvalue weighted by Gasteiger charge is 2.30. The Morgan fingerprint density at radius 3 is 2.78 bits per heavy atom. The zero-order valence-electron chi connectivity index (χ0n) is 5.61. The van der Waals surface area contributed by atoms with Gasteiger partial charge in [-0.05, 0) is 19.8 Å². The second-order valence-corrected chi connectivity index (χ2v) is 2.78. The number of nitrogens with two attached hydrogens (primary N) is 1. The molecule has 1 aliphatic rings. The van der Waals surface area contributed by atoms with Gasteiger partial charge in [0.15, 0.2) is 0 Å². The van der Waals surface area contributed by atoms with Crippen LogP contribution in [0.3, 0.4) is 0 Å². The van der Waals surface area contributed by atoms with Gasteiger partial charge in [-0.2, -0.15) is 0 Å². The number of rotatable bonds is 0. The molecule has 3 heteroatoms. The van der Waals surface area contributed by atoms with Gasteiger partial charge in [0.2, 0.25) is 5.91 Å². The van der Waals surface area contributed by atoms with E-state index in [0.29, 0.717) is 0 Å². The molecule has 0 unspecified atom stereocenters. The molecule has 0 aliphatic carbocycles. The first-order valence-electron chi connectivity index (χ1n) is 3.20. The van der Waals surface area contributed by atoms with E-state index in [1.54, 1.807) is 6.92 Å². The van der Waals surface area contributed by atoms with Crippen molar-refractivity contribution in [3.63, 3.8) is 0 Å². The van der Waals surface area contributed by atoms with E-state index < -0.39 is 5.54 Å². The largest absolute Gasteiger partial charge is 0.355 e. The molecule has 52 valence electrons. The summed E-state index contributed by atoms with van der Waals surface area (Å²) in [7, 11) is 0. The topological polar surface area (TPSA) is 55.1 Å². The fourth-order valence-electron chi connectivity index (χ4n) is 0.973. The predicted molar refractivity (Wildman–Crippen MR) is 34.8 cm³/mol. The van der Waals surface area contributed by atoms with Crippen LogP contribution in [-0.4, -0.2) is 18.0 Å². The Bertz CT molecular complexity index is 131. The SMILES string of the molecule is C[C@]1(N)CCCNC1=O. The Kier molecular flexibility index (Phi) is 1.45. The maximum atomic E-state index is 10.9. The van der Waals surface area contributed by atoms with Gasteiger partial charge < -0.3 is 11.1 Å². The van der Waals surface area contributed by atoms with E-state index >= 15 is 0 Å². The third kappa shape index (κ3) is 1.21. The standard InChI is InChI=1S/C6H12N2O/c1-6(7)3-2-4-8-5(6)9/h2-4,7H2,1H3,(H,8,9)/t6-/m0/s1. The molecule has 3 N–H and O–H groups in total. The molecule has 1 amide bonds. The number of hydrogen-bond acceptors (Lipinski definition) is 2. The van der Waals surface area contributed by atoms with Gasteiger partial charge in [-0.15, -0.1) is 0 Å². The number of hydrogen-bond donors (Lipinski definition) is 2. The normalized spacial score (nSPS) is 36.0. The third-order valence-corrected chi connectivity index (χ3v) is 1.68. The van der Waals surface area contributed by atoms with Crippen molar-refractivity contribution in [1.82, 2.24) is 5.32 Å². The van der Waals surface area contributed by atoms with Crippen LogP contribution in [0.1, 0.15) is 19.8 Å². The molecule has 1 fully saturated rings. The average Bonchev–Trinajstić information content (AvgIpc) is 1.77. The number of amides is 1. The summed E-state index contributed by atoms with van der Waals surface area (Å²) in [6.45, 7) is 2.55. The van der Waals surface area contributed by atoms with Crippen molar-refractivity contribution >= 4 is 5.91 Å². The Morgan fingerprint density at radius 2 is 2.44 bits per heavy atom. The highest BCUT2D eigenvalue weighted by atomic mass is 16.2. The Labute approximate surface area is 54.6 Å². The molecule has 9 heavy (non-hydrogen) atoms. The first-order valence-corrected chi connectivity index (χ1v) is 3.20. The quantitative estimate of drug-likeness (QED) is 0.467. The lowest BCUT2D eigenvalue weighted by molar-refractivity contribution is -0.127. The summed E-state index contributed by atoms with van der Waals surface area (Å²) in [6.07, 6.45) is 1.80. The van der Waals surface area contributed by atoms with Crippen molar-refractivity contribution in [3.8, 4) is 0 Å². The van der Waals surface area contributed by atoms with Crippen molar-refractivity contribution in [1.29, 1.82) is 0 Å². The van der Waals surface area contributed by atoms with Crippen LogP contribution in [0.25, 0.3) is 0 Å². The maximum absolute atomic E-state index is 10.9. The fourth-order valence-corrected chi connectivity index (χ4v) is 0.973. The van der Waals surface area contributed by atoms with Crippen LogP contribution in [0.4, 0.5) is 0 Å². The van der Waals surface area contributed by atoms with Crippen LogP contribution in [-0.2, 0) is 4.79 Å². The number of carbonyl (C=O) groups excluding carboxylic acids is 1. The molecule has 0 aromatic heterocycles. The fraction of sp³-hybridized carbons (Fsp3) is 0.833. The van der Waals surface area contributed by atoms with E-state index in [0.717, 1.165) is 19.4 Å². The van der Waals surface area contributed by atoms with E-state index in [4.69, 9.17) is 5.73 Å². The maximum Gasteiger partial charge on any atom is 0.239 e. The summed E-state index contributed by atoms with van der Waals surface area (Å²) < 4.78 is 0. The molecule has 3 nitrogen and oxygen atoms in total. The second-order valence-electron chi connectivity index (χ2n) is 2.78. The van der Waals surface area contributed by atoms with Gasteiger partial charge in [0.1, 0.15) is 0 Å². The molecule has 0 bridgehead atoms. The minimum atomic E-state index is -0.613. The summed E-state index contributed by atoms with van der Waals surface area (Å²) in [6, 6.07) is 0. The molecule has 0 radical (unpaired) electrons. The second kappa shape index (κ2) is 1.99. The van der Waals surface area contributed by atoms with Crippen LogP contribution in [0.15, 0.2) is 0 Å². The molecular formula is C6H12N2O. The van der Waals surface area contributed by atoms with Gasteiger partial charge in [-0.1, -0.05) is 0 Å². The van der Waals surface area contributed by atoms with Gasteiger partial charge in [-0.25, -0.2) is 0 Å². The summed E-state index contributed by atoms with van der Waals surface area (Å²) in [5.74, 6) is -0.0197. The Morgan fingerprint density at radius 1 is 1.78 bits per heavy atom. The smallest absolute Gasteiger partial charge is 0.239 e. The molecule has 1 heterocycles. The third-order valence-electron chi connectivity index (χ3n) is 1.68. The van der Waals surface area contributed by atoms with Crippen LogP contribution in [0.2, 0.25) is 0 Å². The lowest BCUT2D eigenvalue weighted by Crippen LogP contribution is -2.55. The highest BCUT2D eigenvalue weighted by Crippen LogP contribution is 2.11. The van der Waals surface area contributed by atoms with Crippen molar-refractivity contribution in [3.05, 3.63) is 0 Å². The first-order chi connectivity index (χ1) is 4.13. The minimum absolute atomic E-state index is 0.0197. The molecule has 1 atom stereocenters. The number of piperidine rings is 1. The molecule has 0 aromatic carbocycles. The molecule has 1 saturated heterocycles. The molecule has 1 aliphatic heterocycles. The molecular weight excluding hydrogens is 116 g/mol. The van der Waals surface area contributed by atoms with E-state index in [9.17, 15) is 4.79 Å². The molecule has 0 aromatic rings. The minimum Gasteiger partial charge on any atom is -0.355 e. The van der Waals surface area contributed by atoms with Gasteiger partial charge in [0.25, 0.3) is 0 Å². The van der Waals surface area contributed by atoms with Crippen LogP contribution < -0.4 is 11.1 Å². The first kappa shape index (κ1) is 6.55. The molecule has 0 spiro atoms. The summed E-state index contributed by atoms with van der Waals surface area (Å²) in [5.41, 5.74) is 5.00. The van der Waals surface area contributed by atoms with Crippen LogP contribution in [0, 0.1) is 0 Å². The van der Waals surface area contributed by atoms with Crippen LogP contribution >= 0.6 is 0 Å². The van der Waals surface area contributed by atoms with E-state index in [2.05, 4.69) is 5.32 Å². The summed E-state index contributed by atoms with van der Waals surface area (Å²) >= 11 is 0. The van der Waals surface area contributed by atoms with Gasteiger partial charge >= 0.3 is 0 Å². The van der Waals surface area contributed by atoms with Crippen molar-refractivity contribution < 1.29 is 4.79 Å². The molecule has 1 rings (SSSR count). The van der Waals surface area contributed by atoms with E-state index in [-0.39, 0.29) is 5.91 Å². The van der Waals surface area contributed by atoms with Gasteiger partial charge in [0, 0.05) is 6.54 Å². The molecule has 0 saturated carbocycles. The monoisotopic (exact) mass is 128 g/mol. The van der Waals surface area contributed by atoms with Crippen molar-refractivity contribution in [2.24, 2.45) is 5.73 Å². The zero-order chi connectivity index (χ0) is 6.91. The predicted octanol–water partition coefficient (Wildman–Crippen LogP) is -0.386. The van der Waals surface area contributed by atoms with Gasteiger partial charge in [-0.3, -0.25) is 4.79 Å². The summed E-state index contributed by atoms with van der Waals surface area (Å²) in [5, 5.41) is 2.71.